The second-order valence-electron chi connectivity index (χ2n) is 8.60. The molecule has 190 valence electrons. The summed E-state index contributed by atoms with van der Waals surface area (Å²) >= 11 is 0. The maximum atomic E-state index is 12.6. The molecule has 0 spiro atoms. The highest BCUT2D eigenvalue weighted by Crippen LogP contribution is 2.27. The molecule has 0 aliphatic carbocycles. The molecule has 1 aliphatic heterocycles. The molecule has 4 aromatic rings. The highest BCUT2D eigenvalue weighted by atomic mass is 16.5. The second kappa shape index (κ2) is 10.8. The van der Waals surface area contributed by atoms with Gasteiger partial charge in [0.2, 0.25) is 5.91 Å². The van der Waals surface area contributed by atoms with Crippen LogP contribution >= 0.6 is 0 Å². The molecule has 2 aromatic carbocycles. The molecular formula is C28H24N6O4. The van der Waals surface area contributed by atoms with E-state index in [0.717, 1.165) is 33.3 Å². The Balaban J connectivity index is 1.08. The van der Waals surface area contributed by atoms with Gasteiger partial charge in [-0.25, -0.2) is 4.79 Å². The fourth-order valence-corrected chi connectivity index (χ4v) is 4.22. The van der Waals surface area contributed by atoms with E-state index >= 15 is 0 Å². The molecule has 4 amide bonds. The first-order valence-electron chi connectivity index (χ1n) is 11.9. The molecule has 0 radical (unpaired) electrons. The van der Waals surface area contributed by atoms with E-state index in [0.29, 0.717) is 17.9 Å². The number of aromatic nitrogens is 3. The lowest BCUT2D eigenvalue weighted by atomic mass is 10.1. The number of carbonyl (C=O) groups excluding carboxylic acids is 3. The number of hydrogen-bond donors (Lipinski definition) is 3. The number of aromatic amines is 1. The highest BCUT2D eigenvalue weighted by molar-refractivity contribution is 5.99. The van der Waals surface area contributed by atoms with Crippen molar-refractivity contribution in [3.8, 4) is 28.8 Å². The lowest BCUT2D eigenvalue weighted by molar-refractivity contribution is -0.120. The third kappa shape index (κ3) is 5.32. The van der Waals surface area contributed by atoms with E-state index in [1.165, 1.54) is 0 Å². The van der Waals surface area contributed by atoms with Crippen molar-refractivity contribution in [3.05, 3.63) is 77.6 Å². The minimum Gasteiger partial charge on any atom is -0.497 e. The van der Waals surface area contributed by atoms with Crippen LogP contribution in [-0.2, 0) is 11.3 Å². The molecule has 0 fully saturated rings. The van der Waals surface area contributed by atoms with Gasteiger partial charge in [-0.05, 0) is 48.0 Å². The quantitative estimate of drug-likeness (QED) is 0.344. The second-order valence-corrected chi connectivity index (χ2v) is 8.60. The van der Waals surface area contributed by atoms with Crippen molar-refractivity contribution in [2.24, 2.45) is 0 Å². The van der Waals surface area contributed by atoms with Crippen LogP contribution in [0, 0.1) is 11.8 Å². The number of carbonyl (C=O) groups is 3. The molecule has 3 N–H and O–H groups in total. The van der Waals surface area contributed by atoms with Crippen molar-refractivity contribution in [3.63, 3.8) is 0 Å². The number of methoxy groups -OCH3 is 1. The number of hydrogen-bond acceptors (Lipinski definition) is 6. The summed E-state index contributed by atoms with van der Waals surface area (Å²) in [6.45, 7) is 0.681. The zero-order chi connectivity index (χ0) is 26.5. The van der Waals surface area contributed by atoms with Gasteiger partial charge < -0.3 is 15.0 Å². The van der Waals surface area contributed by atoms with E-state index in [1.54, 1.807) is 36.5 Å². The van der Waals surface area contributed by atoms with Crippen LogP contribution in [0.25, 0.3) is 22.2 Å². The first-order valence-corrected chi connectivity index (χ1v) is 11.9. The largest absolute Gasteiger partial charge is 0.497 e. The summed E-state index contributed by atoms with van der Waals surface area (Å²) in [6.07, 6.45) is 3.44. The van der Waals surface area contributed by atoms with E-state index in [-0.39, 0.29) is 25.4 Å². The maximum Gasteiger partial charge on any atom is 0.322 e. The third-order valence-corrected chi connectivity index (χ3v) is 6.14. The SMILES string of the molecule is COc1ccc2c(c1)C(=O)N(CCC(=O)NC(=O)NCC#Cc1ccc3c(-c4ccncc4)n[nH]c3c1)C2. The molecule has 10 heteroatoms. The van der Waals surface area contributed by atoms with E-state index in [4.69, 9.17) is 4.74 Å². The predicted molar refractivity (Wildman–Crippen MR) is 140 cm³/mol. The zero-order valence-electron chi connectivity index (χ0n) is 20.6. The molecule has 3 heterocycles. The van der Waals surface area contributed by atoms with Gasteiger partial charge in [0.05, 0.1) is 19.2 Å². The summed E-state index contributed by atoms with van der Waals surface area (Å²) in [5.41, 5.74) is 4.86. The first kappa shape index (κ1) is 24.5. The van der Waals surface area contributed by atoms with Crippen molar-refractivity contribution < 1.29 is 19.1 Å². The van der Waals surface area contributed by atoms with Crippen molar-refractivity contribution in [1.82, 2.24) is 30.7 Å². The fourth-order valence-electron chi connectivity index (χ4n) is 4.22. The van der Waals surface area contributed by atoms with Crippen LogP contribution in [0.4, 0.5) is 4.79 Å². The number of rotatable bonds is 6. The topological polar surface area (TPSA) is 129 Å². The summed E-state index contributed by atoms with van der Waals surface area (Å²) in [6, 6.07) is 14.2. The summed E-state index contributed by atoms with van der Waals surface area (Å²) in [7, 11) is 1.54. The van der Waals surface area contributed by atoms with Crippen LogP contribution in [-0.4, -0.2) is 58.1 Å². The summed E-state index contributed by atoms with van der Waals surface area (Å²) in [4.78, 5) is 42.4. The Bertz CT molecular complexity index is 1590. The zero-order valence-corrected chi connectivity index (χ0v) is 20.6. The Morgan fingerprint density at radius 2 is 1.97 bits per heavy atom. The van der Waals surface area contributed by atoms with Crippen LogP contribution in [0.5, 0.6) is 5.75 Å². The maximum absolute atomic E-state index is 12.6. The average Bonchev–Trinajstić information content (AvgIpc) is 3.50. The molecule has 0 saturated heterocycles. The van der Waals surface area contributed by atoms with Crippen LogP contribution in [0.2, 0.25) is 0 Å². The number of nitrogens with zero attached hydrogens (tertiary/aromatic N) is 3. The molecule has 0 atom stereocenters. The highest BCUT2D eigenvalue weighted by Gasteiger charge is 2.28. The smallest absolute Gasteiger partial charge is 0.322 e. The molecule has 38 heavy (non-hydrogen) atoms. The van der Waals surface area contributed by atoms with Gasteiger partial charge in [-0.3, -0.25) is 25.0 Å². The molecule has 2 aromatic heterocycles. The number of urea groups is 1. The van der Waals surface area contributed by atoms with Crippen molar-refractivity contribution in [2.45, 2.75) is 13.0 Å². The molecular weight excluding hydrogens is 484 g/mol. The van der Waals surface area contributed by atoms with Gasteiger partial charge >= 0.3 is 6.03 Å². The Labute approximate surface area is 218 Å². The summed E-state index contributed by atoms with van der Waals surface area (Å²) < 4.78 is 5.17. The van der Waals surface area contributed by atoms with Gasteiger partial charge in [0, 0.05) is 54.0 Å². The number of fused-ring (bicyclic) bond motifs is 2. The Kier molecular flexibility index (Phi) is 6.99. The third-order valence-electron chi connectivity index (χ3n) is 6.14. The monoisotopic (exact) mass is 508 g/mol. The number of amides is 4. The van der Waals surface area contributed by atoms with E-state index in [1.807, 2.05) is 36.4 Å². The minimum atomic E-state index is -0.643. The van der Waals surface area contributed by atoms with Gasteiger partial charge in [0.15, 0.2) is 0 Å². The Hall–Kier alpha value is -5.17. The minimum absolute atomic E-state index is 0.00163. The number of benzene rings is 2. The molecule has 10 nitrogen and oxygen atoms in total. The standard InChI is InChI=1S/C28H24N6O4/c1-38-21-6-5-20-17-34(27(36)23(20)16-21)14-10-25(35)31-28(37)30-11-2-3-18-4-7-22-24(15-18)32-33-26(22)19-8-12-29-13-9-19/h4-9,12-13,15-16H,10-11,14,17H2,1H3,(H,32,33)(H2,30,31,35,37). The number of H-pyrrole nitrogens is 1. The van der Waals surface area contributed by atoms with Gasteiger partial charge in [-0.2, -0.15) is 5.10 Å². The van der Waals surface area contributed by atoms with Crippen molar-refractivity contribution in [2.75, 3.05) is 20.2 Å². The average molecular weight is 509 g/mol. The Morgan fingerprint density at radius 3 is 2.79 bits per heavy atom. The lowest BCUT2D eigenvalue weighted by Crippen LogP contribution is -2.41. The van der Waals surface area contributed by atoms with Crippen LogP contribution in [0.15, 0.2) is 60.9 Å². The number of ether oxygens (including phenoxy) is 1. The van der Waals surface area contributed by atoms with Gasteiger partial charge in [0.1, 0.15) is 11.4 Å². The summed E-state index contributed by atoms with van der Waals surface area (Å²) in [5.74, 6) is 5.83. The first-order chi connectivity index (χ1) is 18.5. The lowest BCUT2D eigenvalue weighted by Gasteiger charge is -2.14. The molecule has 0 saturated carbocycles. The number of nitrogens with one attached hydrogen (secondary N) is 3. The van der Waals surface area contributed by atoms with Crippen molar-refractivity contribution in [1.29, 1.82) is 0 Å². The number of pyridine rings is 1. The summed E-state index contributed by atoms with van der Waals surface area (Å²) in [5, 5.41) is 13.2. The molecule has 5 rings (SSSR count). The molecule has 0 unspecified atom stereocenters. The van der Waals surface area contributed by atoms with Crippen molar-refractivity contribution >= 4 is 28.7 Å². The fraction of sp³-hybridized carbons (Fsp3) is 0.179. The number of imide groups is 1. The van der Waals surface area contributed by atoms with Gasteiger partial charge in [-0.1, -0.05) is 17.9 Å². The van der Waals surface area contributed by atoms with E-state index < -0.39 is 11.9 Å². The van der Waals surface area contributed by atoms with Crippen LogP contribution in [0.3, 0.4) is 0 Å². The van der Waals surface area contributed by atoms with Gasteiger partial charge in [0.25, 0.3) is 5.91 Å². The normalized spacial score (nSPS) is 12.0. The van der Waals surface area contributed by atoms with E-state index in [9.17, 15) is 14.4 Å². The van der Waals surface area contributed by atoms with Crippen LogP contribution in [0.1, 0.15) is 27.9 Å². The van der Waals surface area contributed by atoms with Gasteiger partial charge in [-0.15, -0.1) is 0 Å². The molecule has 0 bridgehead atoms. The Morgan fingerprint density at radius 1 is 1.13 bits per heavy atom. The van der Waals surface area contributed by atoms with E-state index in [2.05, 4.69) is 37.7 Å². The van der Waals surface area contributed by atoms with Crippen LogP contribution < -0.4 is 15.4 Å². The molecule has 1 aliphatic rings. The predicted octanol–water partition coefficient (Wildman–Crippen LogP) is 2.86.